The molecule has 10 rings (SSSR count). The Morgan fingerprint density at radius 1 is 0.420 bits per heavy atom. The van der Waals surface area contributed by atoms with Crippen molar-refractivity contribution in [2.24, 2.45) is 0 Å². The smallest absolute Gasteiger partial charge is 0.152 e. The van der Waals surface area contributed by atoms with E-state index >= 15 is 0 Å². The summed E-state index contributed by atoms with van der Waals surface area (Å²) in [6.07, 6.45) is 0. The summed E-state index contributed by atoms with van der Waals surface area (Å²) < 4.78 is 12.7. The highest BCUT2D eigenvalue weighted by molar-refractivity contribution is 6.07. The molecule has 4 nitrogen and oxygen atoms in total. The summed E-state index contributed by atoms with van der Waals surface area (Å²) >= 11 is 0. The number of hydrogen-bond donors (Lipinski definition) is 0. The molecule has 1 aromatic heterocycles. The van der Waals surface area contributed by atoms with Gasteiger partial charge in [-0.2, -0.15) is 0 Å². The second-order valence-electron chi connectivity index (χ2n) is 12.6. The Bertz CT molecular complexity index is 2690. The number of anilines is 6. The van der Waals surface area contributed by atoms with Gasteiger partial charge in [-0.15, -0.1) is 0 Å². The van der Waals surface area contributed by atoms with Crippen LogP contribution in [0.4, 0.5) is 34.1 Å². The number of rotatable bonds is 5. The van der Waals surface area contributed by atoms with E-state index < -0.39 is 0 Å². The lowest BCUT2D eigenvalue weighted by atomic mass is 10.0. The van der Waals surface area contributed by atoms with Crippen LogP contribution >= 0.6 is 0 Å². The molecule has 0 unspecified atom stereocenters. The van der Waals surface area contributed by atoms with Gasteiger partial charge in [-0.3, -0.25) is 0 Å². The maximum Gasteiger partial charge on any atom is 0.152 e. The average Bonchev–Trinajstić information content (AvgIpc) is 3.56. The molecule has 4 heteroatoms. The zero-order valence-corrected chi connectivity index (χ0v) is 27.0. The minimum absolute atomic E-state index is 0.826. The fourth-order valence-corrected chi connectivity index (χ4v) is 7.28. The maximum absolute atomic E-state index is 6.51. The van der Waals surface area contributed by atoms with Crippen LogP contribution < -0.4 is 14.5 Å². The van der Waals surface area contributed by atoms with Crippen LogP contribution in [0.3, 0.4) is 0 Å². The van der Waals surface area contributed by atoms with Gasteiger partial charge < -0.3 is 19.0 Å². The summed E-state index contributed by atoms with van der Waals surface area (Å²) in [7, 11) is 0. The molecule has 2 heterocycles. The van der Waals surface area contributed by atoms with Crippen molar-refractivity contribution >= 4 is 66.8 Å². The van der Waals surface area contributed by atoms with Crippen LogP contribution in [0, 0.1) is 0 Å². The number of nitrogens with zero attached hydrogens (tertiary/aromatic N) is 2. The molecule has 9 aromatic rings. The van der Waals surface area contributed by atoms with Crippen molar-refractivity contribution in [3.05, 3.63) is 182 Å². The van der Waals surface area contributed by atoms with Gasteiger partial charge in [0.15, 0.2) is 11.5 Å². The van der Waals surface area contributed by atoms with Gasteiger partial charge in [-0.1, -0.05) is 103 Å². The van der Waals surface area contributed by atoms with Crippen molar-refractivity contribution in [1.82, 2.24) is 0 Å². The molecule has 0 aliphatic carbocycles. The van der Waals surface area contributed by atoms with Crippen LogP contribution in [0.15, 0.2) is 186 Å². The summed E-state index contributed by atoms with van der Waals surface area (Å²) in [5.74, 6) is 1.66. The fraction of sp³-hybridized carbons (Fsp3) is 0. The van der Waals surface area contributed by atoms with Crippen LogP contribution in [0.25, 0.3) is 43.8 Å². The second-order valence-corrected chi connectivity index (χ2v) is 12.6. The van der Waals surface area contributed by atoms with Crippen molar-refractivity contribution in [3.63, 3.8) is 0 Å². The highest BCUT2D eigenvalue weighted by Gasteiger charge is 2.26. The lowest BCUT2D eigenvalue weighted by Gasteiger charge is -2.33. The van der Waals surface area contributed by atoms with Gasteiger partial charge in [0, 0.05) is 33.2 Å². The van der Waals surface area contributed by atoms with Crippen molar-refractivity contribution in [1.29, 1.82) is 0 Å². The molecule has 0 atom stereocenters. The van der Waals surface area contributed by atoms with Crippen molar-refractivity contribution in [2.45, 2.75) is 0 Å². The largest absolute Gasteiger partial charge is 0.456 e. The number of ether oxygens (including phenoxy) is 1. The van der Waals surface area contributed by atoms with E-state index in [1.807, 2.05) is 30.3 Å². The quantitative estimate of drug-likeness (QED) is 0.187. The van der Waals surface area contributed by atoms with Crippen LogP contribution in [0.2, 0.25) is 0 Å². The van der Waals surface area contributed by atoms with E-state index in [2.05, 4.69) is 161 Å². The zero-order valence-electron chi connectivity index (χ0n) is 27.0. The summed E-state index contributed by atoms with van der Waals surface area (Å²) in [6, 6.07) is 63.7. The topological polar surface area (TPSA) is 28.9 Å². The Morgan fingerprint density at radius 2 is 1.10 bits per heavy atom. The van der Waals surface area contributed by atoms with E-state index in [1.165, 1.54) is 10.8 Å². The number of para-hydroxylation sites is 4. The third-order valence-electron chi connectivity index (χ3n) is 9.63. The molecule has 0 saturated heterocycles. The molecule has 1 aliphatic heterocycles. The van der Waals surface area contributed by atoms with E-state index in [9.17, 15) is 0 Å². The standard InChI is InChI=1S/C46H30N2O2/c1-2-13-34(14-3-1)48-41-17-7-9-20-45(41)50-46-29-33(23-27-42(46)48)31-21-24-35(25-22-31)47(40-18-10-12-32-11-4-5-15-37(32)40)36-26-28-44-39(30-36)38-16-6-8-19-43(38)49-44/h1-30H. The summed E-state index contributed by atoms with van der Waals surface area (Å²) in [5.41, 5.74) is 10.4. The molecule has 0 spiro atoms. The van der Waals surface area contributed by atoms with Crippen molar-refractivity contribution in [3.8, 4) is 22.6 Å². The van der Waals surface area contributed by atoms with E-state index in [1.54, 1.807) is 0 Å². The summed E-state index contributed by atoms with van der Waals surface area (Å²) in [6.45, 7) is 0. The Kier molecular flexibility index (Phi) is 6.46. The number of benzene rings is 8. The molecule has 50 heavy (non-hydrogen) atoms. The highest BCUT2D eigenvalue weighted by atomic mass is 16.5. The Labute approximate surface area is 289 Å². The molecule has 236 valence electrons. The minimum atomic E-state index is 0.826. The van der Waals surface area contributed by atoms with Gasteiger partial charge in [0.05, 0.1) is 17.1 Å². The molecule has 0 bridgehead atoms. The first-order chi connectivity index (χ1) is 24.8. The van der Waals surface area contributed by atoms with Gasteiger partial charge in [0.25, 0.3) is 0 Å². The predicted octanol–water partition coefficient (Wildman–Crippen LogP) is 13.5. The average molecular weight is 643 g/mol. The van der Waals surface area contributed by atoms with Gasteiger partial charge >= 0.3 is 0 Å². The van der Waals surface area contributed by atoms with Crippen molar-refractivity contribution < 1.29 is 9.15 Å². The van der Waals surface area contributed by atoms with Crippen LogP contribution in [0.1, 0.15) is 0 Å². The van der Waals surface area contributed by atoms with Gasteiger partial charge in [0.2, 0.25) is 0 Å². The summed E-state index contributed by atoms with van der Waals surface area (Å²) in [4.78, 5) is 4.61. The number of hydrogen-bond acceptors (Lipinski definition) is 4. The number of fused-ring (bicyclic) bond motifs is 6. The lowest BCUT2D eigenvalue weighted by Crippen LogP contribution is -2.15. The third kappa shape index (κ3) is 4.61. The first kappa shape index (κ1) is 28.3. The van der Waals surface area contributed by atoms with E-state index in [4.69, 9.17) is 9.15 Å². The van der Waals surface area contributed by atoms with Crippen LogP contribution in [0.5, 0.6) is 11.5 Å². The second kappa shape index (κ2) is 11.4. The first-order valence-electron chi connectivity index (χ1n) is 16.8. The van der Waals surface area contributed by atoms with E-state index in [0.717, 1.165) is 78.7 Å². The lowest BCUT2D eigenvalue weighted by molar-refractivity contribution is 0.477. The molecule has 1 aliphatic rings. The zero-order chi connectivity index (χ0) is 33.0. The van der Waals surface area contributed by atoms with Crippen molar-refractivity contribution in [2.75, 3.05) is 9.80 Å². The highest BCUT2D eigenvalue weighted by Crippen LogP contribution is 2.51. The first-order valence-corrected chi connectivity index (χ1v) is 16.8. The molecule has 0 radical (unpaired) electrons. The molecular weight excluding hydrogens is 613 g/mol. The van der Waals surface area contributed by atoms with E-state index in [-0.39, 0.29) is 0 Å². The molecule has 0 N–H and O–H groups in total. The summed E-state index contributed by atoms with van der Waals surface area (Å²) in [5, 5.41) is 4.59. The predicted molar refractivity (Wildman–Crippen MR) is 206 cm³/mol. The van der Waals surface area contributed by atoms with Gasteiger partial charge in [-0.05, 0) is 95.4 Å². The monoisotopic (exact) mass is 642 g/mol. The molecule has 0 amide bonds. The SMILES string of the molecule is c1ccc(N2c3ccccc3Oc3cc(-c4ccc(N(c5ccc6oc7ccccc7c6c5)c5cccc6ccccc56)cc4)ccc32)cc1. The Morgan fingerprint density at radius 3 is 2.00 bits per heavy atom. The Hall–Kier alpha value is -6.78. The maximum atomic E-state index is 6.51. The Balaban J connectivity index is 1.08. The van der Waals surface area contributed by atoms with E-state index in [0.29, 0.717) is 0 Å². The third-order valence-corrected chi connectivity index (χ3v) is 9.63. The normalized spacial score (nSPS) is 12.1. The molecule has 0 fully saturated rings. The molecule has 8 aromatic carbocycles. The van der Waals surface area contributed by atoms with Crippen LogP contribution in [-0.2, 0) is 0 Å². The van der Waals surface area contributed by atoms with Gasteiger partial charge in [-0.25, -0.2) is 0 Å². The number of furan rings is 1. The minimum Gasteiger partial charge on any atom is -0.456 e. The molecular formula is C46H30N2O2. The fourth-order valence-electron chi connectivity index (χ4n) is 7.28. The van der Waals surface area contributed by atoms with Gasteiger partial charge in [0.1, 0.15) is 11.2 Å². The van der Waals surface area contributed by atoms with Crippen LogP contribution in [-0.4, -0.2) is 0 Å². The molecule has 0 saturated carbocycles.